The summed E-state index contributed by atoms with van der Waals surface area (Å²) in [6.45, 7) is 0.393. The molecule has 0 bridgehead atoms. The van der Waals surface area contributed by atoms with E-state index in [0.29, 0.717) is 22.3 Å². The van der Waals surface area contributed by atoms with E-state index in [0.717, 1.165) is 19.6 Å². The molecule has 0 aliphatic heterocycles. The number of ether oxygens (including phenoxy) is 1. The van der Waals surface area contributed by atoms with E-state index in [1.54, 1.807) is 24.4 Å². The zero-order valence-corrected chi connectivity index (χ0v) is 17.5. The van der Waals surface area contributed by atoms with Crippen molar-refractivity contribution < 1.29 is 9.53 Å². The van der Waals surface area contributed by atoms with Gasteiger partial charge in [-0.25, -0.2) is 4.98 Å². The number of para-hydroxylation sites is 1. The smallest absolute Gasteiger partial charge is 0.270 e. The number of amides is 1. The van der Waals surface area contributed by atoms with Gasteiger partial charge in [0.05, 0.1) is 27.0 Å². The highest BCUT2D eigenvalue weighted by molar-refractivity contribution is 9.11. The summed E-state index contributed by atoms with van der Waals surface area (Å²) in [4.78, 5) is 24.4. The maximum Gasteiger partial charge on any atom is 0.270 e. The number of fused-ring (bicyclic) bond motifs is 1. The first kappa shape index (κ1) is 18.1. The molecule has 0 saturated heterocycles. The highest BCUT2D eigenvalue weighted by Crippen LogP contribution is 2.36. The number of nitrogens with zero attached hydrogens (tertiary/aromatic N) is 3. The Kier molecular flexibility index (Phi) is 5.20. The number of hydrogen-bond acceptors (Lipinski definition) is 6. The Labute approximate surface area is 172 Å². The summed E-state index contributed by atoms with van der Waals surface area (Å²) >= 11 is 6.30. The van der Waals surface area contributed by atoms with Crippen LogP contribution in [0.25, 0.3) is 10.2 Å². The van der Waals surface area contributed by atoms with Gasteiger partial charge < -0.3 is 4.74 Å². The minimum absolute atomic E-state index is 0.0902. The fourth-order valence-corrected chi connectivity index (χ4v) is 4.97. The Hall–Kier alpha value is -2.29. The van der Waals surface area contributed by atoms with Crippen LogP contribution in [-0.4, -0.2) is 23.0 Å². The molecule has 0 N–H and O–H groups in total. The van der Waals surface area contributed by atoms with Gasteiger partial charge in [0.25, 0.3) is 5.91 Å². The second-order valence-corrected chi connectivity index (χ2v) is 9.13. The van der Waals surface area contributed by atoms with E-state index in [4.69, 9.17) is 9.72 Å². The topological polar surface area (TPSA) is 55.3 Å². The number of carbonyl (C=O) groups excluding carboxylic acids is 1. The van der Waals surface area contributed by atoms with Crippen molar-refractivity contribution in [1.82, 2.24) is 9.97 Å². The average molecular weight is 460 g/mol. The summed E-state index contributed by atoms with van der Waals surface area (Å²) in [5, 5.41) is 0.632. The van der Waals surface area contributed by atoms with Crippen molar-refractivity contribution in [3.63, 3.8) is 0 Å². The predicted octanol–water partition coefficient (Wildman–Crippen LogP) is 5.37. The maximum absolute atomic E-state index is 13.2. The van der Waals surface area contributed by atoms with Crippen molar-refractivity contribution in [2.75, 3.05) is 12.0 Å². The van der Waals surface area contributed by atoms with Gasteiger partial charge in [-0.3, -0.25) is 14.7 Å². The number of aromatic nitrogens is 2. The van der Waals surface area contributed by atoms with Gasteiger partial charge in [0.15, 0.2) is 5.13 Å². The molecule has 3 heterocycles. The van der Waals surface area contributed by atoms with Crippen LogP contribution in [0, 0.1) is 0 Å². The molecule has 1 aromatic carbocycles. The molecule has 8 heteroatoms. The van der Waals surface area contributed by atoms with Gasteiger partial charge in [0, 0.05) is 12.4 Å². The minimum Gasteiger partial charge on any atom is -0.494 e. The number of anilines is 1. The van der Waals surface area contributed by atoms with Crippen LogP contribution in [0.5, 0.6) is 5.75 Å². The van der Waals surface area contributed by atoms with Gasteiger partial charge in [-0.2, -0.15) is 0 Å². The molecule has 0 spiro atoms. The van der Waals surface area contributed by atoms with E-state index in [1.165, 1.54) is 22.7 Å². The number of rotatable bonds is 5. The highest BCUT2D eigenvalue weighted by atomic mass is 79.9. The molecule has 0 fully saturated rings. The van der Waals surface area contributed by atoms with Crippen LogP contribution in [0.1, 0.15) is 15.2 Å². The first-order valence-electron chi connectivity index (χ1n) is 8.05. The zero-order valence-electron chi connectivity index (χ0n) is 14.3. The molecule has 0 radical (unpaired) electrons. The second kappa shape index (κ2) is 7.75. The van der Waals surface area contributed by atoms with Crippen molar-refractivity contribution in [3.05, 3.63) is 69.1 Å². The molecule has 5 nitrogen and oxygen atoms in total. The third-order valence-corrected chi connectivity index (χ3v) is 6.57. The van der Waals surface area contributed by atoms with E-state index < -0.39 is 0 Å². The van der Waals surface area contributed by atoms with Gasteiger partial charge >= 0.3 is 0 Å². The molecule has 0 saturated carbocycles. The summed E-state index contributed by atoms with van der Waals surface area (Å²) < 4.78 is 7.30. The third-order valence-electron chi connectivity index (χ3n) is 3.91. The van der Waals surface area contributed by atoms with Crippen molar-refractivity contribution in [1.29, 1.82) is 0 Å². The van der Waals surface area contributed by atoms with Crippen molar-refractivity contribution in [2.24, 2.45) is 0 Å². The highest BCUT2D eigenvalue weighted by Gasteiger charge is 2.24. The molecule has 27 heavy (non-hydrogen) atoms. The number of benzene rings is 1. The Morgan fingerprint density at radius 1 is 1.19 bits per heavy atom. The van der Waals surface area contributed by atoms with Gasteiger partial charge in [0.2, 0.25) is 0 Å². The number of halogens is 1. The molecule has 0 unspecified atom stereocenters. The van der Waals surface area contributed by atoms with E-state index in [9.17, 15) is 4.79 Å². The largest absolute Gasteiger partial charge is 0.494 e. The monoisotopic (exact) mass is 459 g/mol. The lowest BCUT2D eigenvalue weighted by Gasteiger charge is -2.19. The Balaban J connectivity index is 1.78. The fourth-order valence-electron chi connectivity index (χ4n) is 2.65. The molecule has 3 aromatic heterocycles. The maximum atomic E-state index is 13.2. The quantitative estimate of drug-likeness (QED) is 0.402. The third kappa shape index (κ3) is 3.73. The lowest BCUT2D eigenvalue weighted by Crippen LogP contribution is -2.29. The van der Waals surface area contributed by atoms with E-state index in [-0.39, 0.29) is 5.91 Å². The summed E-state index contributed by atoms with van der Waals surface area (Å²) in [5.74, 6) is 0.607. The molecule has 1 amide bonds. The van der Waals surface area contributed by atoms with Crippen molar-refractivity contribution >= 4 is 59.9 Å². The molecule has 136 valence electrons. The lowest BCUT2D eigenvalue weighted by atomic mass is 10.2. The molecule has 0 atom stereocenters. The number of thiazole rings is 1. The van der Waals surface area contributed by atoms with Crippen LogP contribution in [0.3, 0.4) is 0 Å². The van der Waals surface area contributed by atoms with E-state index in [2.05, 4.69) is 20.9 Å². The lowest BCUT2D eigenvalue weighted by molar-refractivity contribution is 0.0989. The summed E-state index contributed by atoms with van der Waals surface area (Å²) in [7, 11) is 1.62. The number of thiophene rings is 1. The Bertz CT molecular complexity index is 1090. The van der Waals surface area contributed by atoms with Crippen LogP contribution in [-0.2, 0) is 6.54 Å². The molecule has 0 aliphatic carbocycles. The average Bonchev–Trinajstić information content (AvgIpc) is 3.32. The normalized spacial score (nSPS) is 10.9. The number of methoxy groups -OCH3 is 1. The zero-order chi connectivity index (χ0) is 18.8. The predicted molar refractivity (Wildman–Crippen MR) is 113 cm³/mol. The van der Waals surface area contributed by atoms with Crippen molar-refractivity contribution in [3.8, 4) is 5.75 Å². The Morgan fingerprint density at radius 3 is 2.78 bits per heavy atom. The summed E-state index contributed by atoms with van der Waals surface area (Å²) in [6.07, 6.45) is 3.48. The Morgan fingerprint density at radius 2 is 2.07 bits per heavy atom. The standard InChI is InChI=1S/C19H14BrN3O2S2/c1-25-13-5-2-6-14-17(13)22-19(27-14)23(11-12-4-3-9-21-10-12)18(24)15-7-8-16(20)26-15/h2-10H,11H2,1H3. The summed E-state index contributed by atoms with van der Waals surface area (Å²) in [5.41, 5.74) is 1.70. The SMILES string of the molecule is COc1cccc2sc(N(Cc3cccnc3)C(=O)c3ccc(Br)s3)nc12. The fraction of sp³-hybridized carbons (Fsp3) is 0.105. The van der Waals surface area contributed by atoms with Gasteiger partial charge in [-0.1, -0.05) is 23.5 Å². The molecular formula is C19H14BrN3O2S2. The number of hydrogen-bond donors (Lipinski definition) is 0. The molecule has 0 aliphatic rings. The molecule has 4 aromatic rings. The van der Waals surface area contributed by atoms with Crippen LogP contribution < -0.4 is 9.64 Å². The van der Waals surface area contributed by atoms with E-state index in [1.807, 2.05) is 42.5 Å². The summed E-state index contributed by atoms with van der Waals surface area (Å²) in [6, 6.07) is 13.3. The molecular weight excluding hydrogens is 446 g/mol. The van der Waals surface area contributed by atoms with Crippen LogP contribution in [0.2, 0.25) is 0 Å². The molecule has 4 rings (SSSR count). The van der Waals surface area contributed by atoms with Gasteiger partial charge in [0.1, 0.15) is 11.3 Å². The number of pyridine rings is 1. The first-order valence-corrected chi connectivity index (χ1v) is 10.5. The van der Waals surface area contributed by atoms with Gasteiger partial charge in [-0.15, -0.1) is 11.3 Å². The van der Waals surface area contributed by atoms with Crippen LogP contribution in [0.15, 0.2) is 58.6 Å². The first-order chi connectivity index (χ1) is 13.2. The van der Waals surface area contributed by atoms with Crippen LogP contribution in [0.4, 0.5) is 5.13 Å². The van der Waals surface area contributed by atoms with Crippen LogP contribution >= 0.6 is 38.6 Å². The van der Waals surface area contributed by atoms with Gasteiger partial charge in [-0.05, 0) is 51.8 Å². The van der Waals surface area contributed by atoms with Crippen molar-refractivity contribution in [2.45, 2.75) is 6.54 Å². The second-order valence-electron chi connectivity index (χ2n) is 5.66. The number of carbonyl (C=O) groups is 1. The van der Waals surface area contributed by atoms with E-state index >= 15 is 0 Å². The minimum atomic E-state index is -0.0902.